The summed E-state index contributed by atoms with van der Waals surface area (Å²) in [5, 5.41) is 15.3. The van der Waals surface area contributed by atoms with Crippen LogP contribution in [0.2, 0.25) is 5.02 Å². The number of hydrogen-bond acceptors (Lipinski definition) is 4. The molecule has 0 bridgehead atoms. The summed E-state index contributed by atoms with van der Waals surface area (Å²) in [6, 6.07) is 15.6. The number of hydrazone groups is 1. The van der Waals surface area contributed by atoms with Crippen molar-refractivity contribution in [3.63, 3.8) is 0 Å². The molecule has 1 heterocycles. The number of benzene rings is 2. The van der Waals surface area contributed by atoms with Crippen LogP contribution < -0.4 is 5.43 Å². The average Bonchev–Trinajstić information content (AvgIpc) is 2.61. The van der Waals surface area contributed by atoms with Gasteiger partial charge in [-0.15, -0.1) is 0 Å². The third-order valence-corrected chi connectivity index (χ3v) is 3.74. The van der Waals surface area contributed by atoms with Crippen molar-refractivity contribution in [1.82, 2.24) is 10.4 Å². The number of aromatic nitrogens is 1. The first-order valence-electron chi connectivity index (χ1n) is 7.24. The number of hydrogen-bond donors (Lipinski definition) is 2. The molecule has 0 fully saturated rings. The number of pyridine rings is 1. The fourth-order valence-electron chi connectivity index (χ4n) is 2.24. The quantitative estimate of drug-likeness (QED) is 0.563. The molecule has 2 N–H and O–H groups in total. The molecule has 5 nitrogen and oxygen atoms in total. The SMILES string of the molecule is C/C(=N\NC(=O)c1ccc2ccccc2n1)c1cc(Cl)ccc1O. The molecule has 0 atom stereocenters. The number of nitrogens with zero attached hydrogens (tertiary/aromatic N) is 2. The summed E-state index contributed by atoms with van der Waals surface area (Å²) < 4.78 is 0. The van der Waals surface area contributed by atoms with E-state index < -0.39 is 5.91 Å². The van der Waals surface area contributed by atoms with Crippen LogP contribution in [0.1, 0.15) is 23.0 Å². The maximum absolute atomic E-state index is 12.2. The Balaban J connectivity index is 1.81. The molecule has 3 rings (SSSR count). The molecule has 24 heavy (non-hydrogen) atoms. The molecule has 0 aliphatic rings. The molecular formula is C18H14ClN3O2. The number of carbonyl (C=O) groups is 1. The predicted octanol–water partition coefficient (Wildman–Crippen LogP) is 3.75. The van der Waals surface area contributed by atoms with Crippen molar-refractivity contribution in [2.24, 2.45) is 5.10 Å². The van der Waals surface area contributed by atoms with Crippen LogP contribution in [0.15, 0.2) is 59.7 Å². The molecule has 0 saturated heterocycles. The smallest absolute Gasteiger partial charge is 0.289 e. The van der Waals surface area contributed by atoms with Crippen molar-refractivity contribution in [3.8, 4) is 5.75 Å². The monoisotopic (exact) mass is 339 g/mol. The Morgan fingerprint density at radius 3 is 2.79 bits per heavy atom. The summed E-state index contributed by atoms with van der Waals surface area (Å²) in [7, 11) is 0. The number of rotatable bonds is 3. The molecule has 120 valence electrons. The Labute approximate surface area is 143 Å². The highest BCUT2D eigenvalue weighted by Crippen LogP contribution is 2.22. The molecule has 0 saturated carbocycles. The van der Waals surface area contributed by atoms with Crippen molar-refractivity contribution in [3.05, 3.63) is 70.9 Å². The molecule has 2 aromatic carbocycles. The topological polar surface area (TPSA) is 74.6 Å². The fraction of sp³-hybridized carbons (Fsp3) is 0.0556. The van der Waals surface area contributed by atoms with Gasteiger partial charge in [0.1, 0.15) is 11.4 Å². The zero-order chi connectivity index (χ0) is 17.1. The third kappa shape index (κ3) is 3.36. The first-order valence-corrected chi connectivity index (χ1v) is 7.62. The Bertz CT molecular complexity index is 954. The second-order valence-electron chi connectivity index (χ2n) is 5.19. The number of aromatic hydroxyl groups is 1. The minimum absolute atomic E-state index is 0.0405. The average molecular weight is 340 g/mol. The molecule has 0 aliphatic heterocycles. The van der Waals surface area contributed by atoms with E-state index in [1.807, 2.05) is 30.3 Å². The number of para-hydroxylation sites is 1. The summed E-state index contributed by atoms with van der Waals surface area (Å²) in [6.07, 6.45) is 0. The first kappa shape index (κ1) is 16.0. The first-order chi connectivity index (χ1) is 11.5. The summed E-state index contributed by atoms with van der Waals surface area (Å²) in [5.74, 6) is -0.389. The Morgan fingerprint density at radius 2 is 1.96 bits per heavy atom. The van der Waals surface area contributed by atoms with Crippen LogP contribution in [-0.2, 0) is 0 Å². The molecule has 0 radical (unpaired) electrons. The minimum atomic E-state index is -0.429. The lowest BCUT2D eigenvalue weighted by Crippen LogP contribution is -2.20. The van der Waals surface area contributed by atoms with E-state index >= 15 is 0 Å². The fourth-order valence-corrected chi connectivity index (χ4v) is 2.41. The van der Waals surface area contributed by atoms with Crippen molar-refractivity contribution in [1.29, 1.82) is 0 Å². The zero-order valence-electron chi connectivity index (χ0n) is 12.8. The van der Waals surface area contributed by atoms with Gasteiger partial charge in [0.05, 0.1) is 11.2 Å². The molecule has 0 unspecified atom stereocenters. The van der Waals surface area contributed by atoms with Crippen molar-refractivity contribution < 1.29 is 9.90 Å². The summed E-state index contributed by atoms with van der Waals surface area (Å²) in [6.45, 7) is 1.67. The van der Waals surface area contributed by atoms with Crippen molar-refractivity contribution in [2.45, 2.75) is 6.92 Å². The highest BCUT2D eigenvalue weighted by Gasteiger charge is 2.09. The van der Waals surface area contributed by atoms with Gasteiger partial charge in [-0.2, -0.15) is 5.10 Å². The number of phenolic OH excluding ortho intramolecular Hbond substituents is 1. The van der Waals surface area contributed by atoms with E-state index in [0.717, 1.165) is 10.9 Å². The van der Waals surface area contributed by atoms with E-state index in [0.29, 0.717) is 16.3 Å². The van der Waals surface area contributed by atoms with Gasteiger partial charge >= 0.3 is 0 Å². The number of carbonyl (C=O) groups excluding carboxylic acids is 1. The molecule has 3 aromatic rings. The van der Waals surface area contributed by atoms with E-state index in [4.69, 9.17) is 11.6 Å². The van der Waals surface area contributed by atoms with Gasteiger partial charge in [0.2, 0.25) is 0 Å². The van der Waals surface area contributed by atoms with Crippen LogP contribution in [-0.4, -0.2) is 21.7 Å². The van der Waals surface area contributed by atoms with E-state index in [-0.39, 0.29) is 11.4 Å². The maximum atomic E-state index is 12.2. The second-order valence-corrected chi connectivity index (χ2v) is 5.63. The maximum Gasteiger partial charge on any atom is 0.289 e. The van der Waals surface area contributed by atoms with Gasteiger partial charge in [-0.3, -0.25) is 4.79 Å². The van der Waals surface area contributed by atoms with Gasteiger partial charge in [0, 0.05) is 16.0 Å². The lowest BCUT2D eigenvalue weighted by molar-refractivity contribution is 0.0950. The third-order valence-electron chi connectivity index (χ3n) is 3.50. The van der Waals surface area contributed by atoms with Gasteiger partial charge in [-0.25, -0.2) is 10.4 Å². The van der Waals surface area contributed by atoms with Gasteiger partial charge in [-0.1, -0.05) is 35.9 Å². The summed E-state index contributed by atoms with van der Waals surface area (Å²) >= 11 is 5.91. The van der Waals surface area contributed by atoms with Gasteiger partial charge in [0.15, 0.2) is 0 Å². The Hall–Kier alpha value is -2.92. The zero-order valence-corrected chi connectivity index (χ0v) is 13.6. The Morgan fingerprint density at radius 1 is 1.17 bits per heavy atom. The summed E-state index contributed by atoms with van der Waals surface area (Å²) in [5.41, 5.74) is 4.33. The highest BCUT2D eigenvalue weighted by molar-refractivity contribution is 6.31. The number of halogens is 1. The van der Waals surface area contributed by atoms with E-state index in [1.165, 1.54) is 6.07 Å². The van der Waals surface area contributed by atoms with Gasteiger partial charge in [0.25, 0.3) is 5.91 Å². The minimum Gasteiger partial charge on any atom is -0.507 e. The lowest BCUT2D eigenvalue weighted by atomic mass is 10.1. The molecule has 0 aliphatic carbocycles. The van der Waals surface area contributed by atoms with Crippen LogP contribution in [0, 0.1) is 0 Å². The van der Waals surface area contributed by atoms with Crippen LogP contribution >= 0.6 is 11.6 Å². The van der Waals surface area contributed by atoms with Crippen LogP contribution in [0.5, 0.6) is 5.75 Å². The standard InChI is InChI=1S/C18H14ClN3O2/c1-11(14-10-13(19)7-9-17(14)23)21-22-18(24)16-8-6-12-4-2-3-5-15(12)20-16/h2-10,23H,1H3,(H,22,24)/b21-11+. The van der Waals surface area contributed by atoms with Crippen molar-refractivity contribution >= 4 is 34.1 Å². The normalized spacial score (nSPS) is 11.5. The van der Waals surface area contributed by atoms with Gasteiger partial charge < -0.3 is 5.11 Å². The van der Waals surface area contributed by atoms with Crippen LogP contribution in [0.25, 0.3) is 10.9 Å². The lowest BCUT2D eigenvalue weighted by Gasteiger charge is -2.06. The largest absolute Gasteiger partial charge is 0.507 e. The number of amides is 1. The second kappa shape index (κ2) is 6.68. The number of phenols is 1. The number of nitrogens with one attached hydrogen (secondary N) is 1. The molecule has 1 amide bonds. The molecule has 0 spiro atoms. The van der Waals surface area contributed by atoms with E-state index in [1.54, 1.807) is 25.1 Å². The number of fused-ring (bicyclic) bond motifs is 1. The van der Waals surface area contributed by atoms with Crippen molar-refractivity contribution in [2.75, 3.05) is 0 Å². The molecule has 1 aromatic heterocycles. The van der Waals surface area contributed by atoms with Crippen LogP contribution in [0.3, 0.4) is 0 Å². The van der Waals surface area contributed by atoms with E-state index in [2.05, 4.69) is 15.5 Å². The van der Waals surface area contributed by atoms with Crippen LogP contribution in [0.4, 0.5) is 0 Å². The van der Waals surface area contributed by atoms with E-state index in [9.17, 15) is 9.90 Å². The summed E-state index contributed by atoms with van der Waals surface area (Å²) in [4.78, 5) is 16.5. The Kier molecular flexibility index (Phi) is 4.44. The molecule has 6 heteroatoms. The van der Waals surface area contributed by atoms with Gasteiger partial charge in [-0.05, 0) is 37.3 Å². The molecular weight excluding hydrogens is 326 g/mol. The highest BCUT2D eigenvalue weighted by atomic mass is 35.5. The predicted molar refractivity (Wildman–Crippen MR) is 94.5 cm³/mol.